The van der Waals surface area contributed by atoms with E-state index in [0.717, 1.165) is 0 Å². The van der Waals surface area contributed by atoms with Crippen LogP contribution in [-0.2, 0) is 0 Å². The average Bonchev–Trinajstić information content (AvgIpc) is 1.93. The first-order valence-electron chi connectivity index (χ1n) is 3.99. The summed E-state index contributed by atoms with van der Waals surface area (Å²) in [6.07, 6.45) is 1.27. The van der Waals surface area contributed by atoms with E-state index in [2.05, 4.69) is 25.8 Å². The Hall–Kier alpha value is -0.0400. The number of rotatable bonds is 3. The molecule has 1 nitrogen and oxygen atoms in total. The first-order valence-corrected chi connectivity index (χ1v) is 3.99. The quantitative estimate of drug-likeness (QED) is 0.568. The van der Waals surface area contributed by atoms with Crippen LogP contribution in [0.2, 0.25) is 0 Å². The van der Waals surface area contributed by atoms with Gasteiger partial charge in [-0.25, -0.2) is 0 Å². The van der Waals surface area contributed by atoms with Crippen molar-refractivity contribution >= 4 is 0 Å². The Morgan fingerprint density at radius 1 is 1.11 bits per heavy atom. The average molecular weight is 131 g/mol. The van der Waals surface area contributed by atoms with Crippen molar-refractivity contribution in [3.8, 4) is 0 Å². The van der Waals surface area contributed by atoms with E-state index in [1.807, 2.05) is 13.8 Å². The molecule has 0 fully saturated rings. The first-order chi connectivity index (χ1) is 4.31. The van der Waals surface area contributed by atoms with Gasteiger partial charge in [0.2, 0.25) is 0 Å². The third-order valence-corrected chi connectivity index (χ3v) is 1.15. The lowest BCUT2D eigenvalue weighted by molar-refractivity contribution is 0.353. The van der Waals surface area contributed by atoms with Crippen molar-refractivity contribution in [2.24, 2.45) is 0 Å². The van der Waals surface area contributed by atoms with E-state index in [1.165, 1.54) is 19.5 Å². The SMILES string of the molecule is CC.CCCN(C)CC. The minimum absolute atomic E-state index is 1.17. The summed E-state index contributed by atoms with van der Waals surface area (Å²) in [7, 11) is 2.14. The molecule has 0 saturated heterocycles. The molecule has 0 radical (unpaired) electrons. The van der Waals surface area contributed by atoms with Crippen LogP contribution in [0.1, 0.15) is 34.1 Å². The van der Waals surface area contributed by atoms with Gasteiger partial charge in [-0.2, -0.15) is 0 Å². The second-order valence-electron chi connectivity index (χ2n) is 1.90. The van der Waals surface area contributed by atoms with E-state index >= 15 is 0 Å². The molecule has 0 unspecified atom stereocenters. The molecule has 0 aromatic rings. The van der Waals surface area contributed by atoms with Crippen LogP contribution in [0.5, 0.6) is 0 Å². The number of nitrogens with zero attached hydrogens (tertiary/aromatic N) is 1. The Morgan fingerprint density at radius 2 is 1.56 bits per heavy atom. The molecule has 0 atom stereocenters. The minimum atomic E-state index is 1.17. The molecule has 0 N–H and O–H groups in total. The smallest absolute Gasteiger partial charge is 0.00245 e. The summed E-state index contributed by atoms with van der Waals surface area (Å²) in [5, 5.41) is 0. The van der Waals surface area contributed by atoms with E-state index in [0.29, 0.717) is 0 Å². The number of hydrogen-bond acceptors (Lipinski definition) is 1. The molecular weight excluding hydrogens is 110 g/mol. The lowest BCUT2D eigenvalue weighted by Gasteiger charge is -2.10. The van der Waals surface area contributed by atoms with E-state index < -0.39 is 0 Å². The van der Waals surface area contributed by atoms with Gasteiger partial charge >= 0.3 is 0 Å². The second-order valence-corrected chi connectivity index (χ2v) is 1.90. The zero-order valence-corrected chi connectivity index (χ0v) is 7.57. The molecule has 0 spiro atoms. The van der Waals surface area contributed by atoms with Crippen LogP contribution < -0.4 is 0 Å². The molecule has 0 aliphatic heterocycles. The van der Waals surface area contributed by atoms with Gasteiger partial charge in [0, 0.05) is 0 Å². The van der Waals surface area contributed by atoms with Crippen molar-refractivity contribution < 1.29 is 0 Å². The highest BCUT2D eigenvalue weighted by atomic mass is 15.1. The van der Waals surface area contributed by atoms with E-state index in [-0.39, 0.29) is 0 Å². The maximum atomic E-state index is 2.31. The van der Waals surface area contributed by atoms with E-state index in [4.69, 9.17) is 0 Å². The third kappa shape index (κ3) is 11.5. The van der Waals surface area contributed by atoms with Crippen LogP contribution in [-0.4, -0.2) is 25.0 Å². The lowest BCUT2D eigenvalue weighted by Crippen LogP contribution is -2.17. The molecule has 0 rings (SSSR count). The summed E-state index contributed by atoms with van der Waals surface area (Å²) < 4.78 is 0. The Bertz CT molecular complexity index is 35.5. The van der Waals surface area contributed by atoms with Gasteiger partial charge in [-0.05, 0) is 26.6 Å². The molecular formula is C8H21N. The predicted octanol–water partition coefficient (Wildman–Crippen LogP) is 2.37. The van der Waals surface area contributed by atoms with Gasteiger partial charge in [-0.15, -0.1) is 0 Å². The van der Waals surface area contributed by atoms with Gasteiger partial charge in [-0.1, -0.05) is 27.7 Å². The normalized spacial score (nSPS) is 8.67. The highest BCUT2D eigenvalue weighted by Crippen LogP contribution is 1.81. The van der Waals surface area contributed by atoms with Crippen LogP contribution in [0.15, 0.2) is 0 Å². The van der Waals surface area contributed by atoms with Crippen LogP contribution in [0.4, 0.5) is 0 Å². The first kappa shape index (κ1) is 11.7. The van der Waals surface area contributed by atoms with E-state index in [9.17, 15) is 0 Å². The van der Waals surface area contributed by atoms with Crippen molar-refractivity contribution in [1.29, 1.82) is 0 Å². The molecule has 0 heterocycles. The van der Waals surface area contributed by atoms with Gasteiger partial charge in [0.25, 0.3) is 0 Å². The molecule has 0 aromatic carbocycles. The summed E-state index contributed by atoms with van der Waals surface area (Å²) >= 11 is 0. The lowest BCUT2D eigenvalue weighted by atomic mass is 10.4. The Morgan fingerprint density at radius 3 is 1.67 bits per heavy atom. The fourth-order valence-corrected chi connectivity index (χ4v) is 0.540. The topological polar surface area (TPSA) is 3.24 Å². The predicted molar refractivity (Wildman–Crippen MR) is 44.8 cm³/mol. The maximum Gasteiger partial charge on any atom is -0.00245 e. The standard InChI is InChI=1S/C6H15N.C2H6/c1-4-6-7(3)5-2;1-2/h4-6H2,1-3H3;1-2H3. The summed E-state index contributed by atoms with van der Waals surface area (Å²) in [6.45, 7) is 10.8. The van der Waals surface area contributed by atoms with Crippen molar-refractivity contribution in [3.05, 3.63) is 0 Å². The van der Waals surface area contributed by atoms with Crippen LogP contribution in [0.25, 0.3) is 0 Å². The Balaban J connectivity index is 0. The fraction of sp³-hybridized carbons (Fsp3) is 1.00. The molecule has 0 bridgehead atoms. The molecule has 0 aromatic heterocycles. The Kier molecular flexibility index (Phi) is 14.1. The van der Waals surface area contributed by atoms with Gasteiger partial charge in [-0.3, -0.25) is 0 Å². The molecule has 58 valence electrons. The van der Waals surface area contributed by atoms with Gasteiger partial charge < -0.3 is 4.90 Å². The van der Waals surface area contributed by atoms with Crippen LogP contribution >= 0.6 is 0 Å². The third-order valence-electron chi connectivity index (χ3n) is 1.15. The molecule has 1 heteroatoms. The largest absolute Gasteiger partial charge is 0.307 e. The fourth-order valence-electron chi connectivity index (χ4n) is 0.540. The minimum Gasteiger partial charge on any atom is -0.307 e. The molecule has 0 aliphatic carbocycles. The van der Waals surface area contributed by atoms with Crippen LogP contribution in [0, 0.1) is 0 Å². The molecule has 0 saturated carbocycles. The van der Waals surface area contributed by atoms with Gasteiger partial charge in [0.05, 0.1) is 0 Å². The zero-order chi connectivity index (χ0) is 7.70. The van der Waals surface area contributed by atoms with E-state index in [1.54, 1.807) is 0 Å². The summed E-state index contributed by atoms with van der Waals surface area (Å²) in [6, 6.07) is 0. The summed E-state index contributed by atoms with van der Waals surface area (Å²) in [5.74, 6) is 0. The monoisotopic (exact) mass is 131 g/mol. The molecule has 0 amide bonds. The highest BCUT2D eigenvalue weighted by Gasteiger charge is 1.86. The molecule has 0 aliphatic rings. The number of hydrogen-bond donors (Lipinski definition) is 0. The summed E-state index contributed by atoms with van der Waals surface area (Å²) in [5.41, 5.74) is 0. The maximum absolute atomic E-state index is 2.31. The van der Waals surface area contributed by atoms with Crippen molar-refractivity contribution in [3.63, 3.8) is 0 Å². The second kappa shape index (κ2) is 10.9. The zero-order valence-electron chi connectivity index (χ0n) is 7.57. The highest BCUT2D eigenvalue weighted by molar-refractivity contribution is 4.41. The van der Waals surface area contributed by atoms with Gasteiger partial charge in [0.15, 0.2) is 0 Å². The summed E-state index contributed by atoms with van der Waals surface area (Å²) in [4.78, 5) is 2.31. The Labute approximate surface area is 60.1 Å². The van der Waals surface area contributed by atoms with Crippen molar-refractivity contribution in [2.75, 3.05) is 20.1 Å². The van der Waals surface area contributed by atoms with Crippen molar-refractivity contribution in [2.45, 2.75) is 34.1 Å². The van der Waals surface area contributed by atoms with Crippen molar-refractivity contribution in [1.82, 2.24) is 4.90 Å². The van der Waals surface area contributed by atoms with Crippen LogP contribution in [0.3, 0.4) is 0 Å². The molecule has 9 heavy (non-hydrogen) atoms. The van der Waals surface area contributed by atoms with Gasteiger partial charge in [0.1, 0.15) is 0 Å².